The first-order chi connectivity index (χ1) is 9.69. The van der Waals surface area contributed by atoms with Crippen LogP contribution in [0.25, 0.3) is 0 Å². The Morgan fingerprint density at radius 2 is 1.80 bits per heavy atom. The summed E-state index contributed by atoms with van der Waals surface area (Å²) in [5.41, 5.74) is 1.30. The molecule has 3 nitrogen and oxygen atoms in total. The molecule has 0 unspecified atom stereocenters. The first kappa shape index (κ1) is 16.5. The summed E-state index contributed by atoms with van der Waals surface area (Å²) in [7, 11) is 0. The monoisotopic (exact) mass is 278 g/mol. The van der Waals surface area contributed by atoms with Crippen molar-refractivity contribution >= 4 is 5.97 Å². The lowest BCUT2D eigenvalue weighted by molar-refractivity contribution is 0.0692. The van der Waals surface area contributed by atoms with Crippen LogP contribution in [0.2, 0.25) is 0 Å². The minimum atomic E-state index is -0.918. The summed E-state index contributed by atoms with van der Waals surface area (Å²) >= 11 is 0. The van der Waals surface area contributed by atoms with E-state index in [2.05, 4.69) is 6.92 Å². The lowest BCUT2D eigenvalue weighted by Gasteiger charge is -2.10. The van der Waals surface area contributed by atoms with Gasteiger partial charge in [0.1, 0.15) is 11.3 Å². The van der Waals surface area contributed by atoms with Crippen molar-refractivity contribution in [2.45, 2.75) is 58.8 Å². The molecular weight excluding hydrogens is 252 g/mol. The summed E-state index contributed by atoms with van der Waals surface area (Å²) in [6.07, 6.45) is 8.02. The molecule has 0 heterocycles. The van der Waals surface area contributed by atoms with Crippen molar-refractivity contribution in [3.05, 3.63) is 29.3 Å². The normalized spacial score (nSPS) is 10.5. The second kappa shape index (κ2) is 9.40. The predicted molar refractivity (Wildman–Crippen MR) is 81.7 cm³/mol. The number of aromatic carboxylic acids is 1. The molecule has 0 aliphatic rings. The number of hydrogen-bond acceptors (Lipinski definition) is 2. The molecular formula is C17H26O3. The van der Waals surface area contributed by atoms with Gasteiger partial charge in [0.2, 0.25) is 0 Å². The van der Waals surface area contributed by atoms with E-state index in [-0.39, 0.29) is 5.56 Å². The maximum absolute atomic E-state index is 11.2. The SMILES string of the molecule is CCCCCCCCOc1ccc(CC)cc1C(=O)O. The van der Waals surface area contributed by atoms with Crippen LogP contribution in [0, 0.1) is 0 Å². The molecule has 0 saturated heterocycles. The van der Waals surface area contributed by atoms with Crippen molar-refractivity contribution < 1.29 is 14.6 Å². The smallest absolute Gasteiger partial charge is 0.339 e. The van der Waals surface area contributed by atoms with Gasteiger partial charge in [-0.2, -0.15) is 0 Å². The molecule has 0 aromatic heterocycles. The molecule has 112 valence electrons. The Kier molecular flexibility index (Phi) is 7.78. The highest BCUT2D eigenvalue weighted by Crippen LogP contribution is 2.21. The number of ether oxygens (including phenoxy) is 1. The summed E-state index contributed by atoms with van der Waals surface area (Å²) in [5.74, 6) is -0.429. The predicted octanol–water partition coefficient (Wildman–Crippen LogP) is 4.69. The molecule has 0 aliphatic carbocycles. The molecule has 0 spiro atoms. The van der Waals surface area contributed by atoms with Crippen molar-refractivity contribution in [2.24, 2.45) is 0 Å². The molecule has 1 rings (SSSR count). The van der Waals surface area contributed by atoms with Crippen molar-refractivity contribution in [1.29, 1.82) is 0 Å². The Morgan fingerprint density at radius 3 is 2.45 bits per heavy atom. The van der Waals surface area contributed by atoms with Gasteiger partial charge >= 0.3 is 5.97 Å². The number of carbonyl (C=O) groups is 1. The Hall–Kier alpha value is -1.51. The number of carboxylic acids is 1. The van der Waals surface area contributed by atoms with Crippen molar-refractivity contribution in [3.8, 4) is 5.75 Å². The third-order valence-corrected chi connectivity index (χ3v) is 3.44. The number of aryl methyl sites for hydroxylation is 1. The van der Waals surface area contributed by atoms with Crippen LogP contribution in [-0.2, 0) is 6.42 Å². The van der Waals surface area contributed by atoms with E-state index in [0.29, 0.717) is 12.4 Å². The van der Waals surface area contributed by atoms with Gasteiger partial charge in [-0.25, -0.2) is 4.79 Å². The standard InChI is InChI=1S/C17H26O3/c1-3-5-6-7-8-9-12-20-16-11-10-14(4-2)13-15(16)17(18)19/h10-11,13H,3-9,12H2,1-2H3,(H,18,19). The summed E-state index contributed by atoms with van der Waals surface area (Å²) in [5, 5.41) is 9.21. The minimum Gasteiger partial charge on any atom is -0.493 e. The molecule has 0 atom stereocenters. The van der Waals surface area contributed by atoms with Crippen molar-refractivity contribution in [1.82, 2.24) is 0 Å². The first-order valence-electron chi connectivity index (χ1n) is 7.68. The topological polar surface area (TPSA) is 46.5 Å². The van der Waals surface area contributed by atoms with Gasteiger partial charge in [-0.1, -0.05) is 52.0 Å². The summed E-state index contributed by atoms with van der Waals surface area (Å²) < 4.78 is 5.62. The first-order valence-corrected chi connectivity index (χ1v) is 7.68. The molecule has 3 heteroatoms. The maximum Gasteiger partial charge on any atom is 0.339 e. The van der Waals surface area contributed by atoms with E-state index in [1.807, 2.05) is 13.0 Å². The molecule has 0 bridgehead atoms. The third-order valence-electron chi connectivity index (χ3n) is 3.44. The van der Waals surface area contributed by atoms with Crippen LogP contribution in [0.1, 0.15) is 68.3 Å². The molecule has 0 aliphatic heterocycles. The van der Waals surface area contributed by atoms with Crippen LogP contribution < -0.4 is 4.74 Å². The lowest BCUT2D eigenvalue weighted by Crippen LogP contribution is -2.05. The largest absolute Gasteiger partial charge is 0.493 e. The van der Waals surface area contributed by atoms with Gasteiger partial charge < -0.3 is 9.84 Å². The molecule has 0 saturated carbocycles. The van der Waals surface area contributed by atoms with Gasteiger partial charge in [0.25, 0.3) is 0 Å². The Labute approximate surface area is 122 Å². The van der Waals surface area contributed by atoms with Crippen LogP contribution in [0.4, 0.5) is 0 Å². The van der Waals surface area contributed by atoms with E-state index in [4.69, 9.17) is 4.74 Å². The fourth-order valence-corrected chi connectivity index (χ4v) is 2.15. The van der Waals surface area contributed by atoms with E-state index < -0.39 is 5.97 Å². The molecule has 20 heavy (non-hydrogen) atoms. The molecule has 1 N–H and O–H groups in total. The Morgan fingerprint density at radius 1 is 1.10 bits per heavy atom. The van der Waals surface area contributed by atoms with E-state index >= 15 is 0 Å². The van der Waals surface area contributed by atoms with Crippen molar-refractivity contribution in [3.63, 3.8) is 0 Å². The number of rotatable bonds is 10. The van der Waals surface area contributed by atoms with Crippen LogP contribution >= 0.6 is 0 Å². The Bertz CT molecular complexity index is 413. The van der Waals surface area contributed by atoms with Crippen LogP contribution in [0.15, 0.2) is 18.2 Å². The van der Waals surface area contributed by atoms with E-state index in [1.165, 1.54) is 25.7 Å². The van der Waals surface area contributed by atoms with Gasteiger partial charge in [-0.15, -0.1) is 0 Å². The summed E-state index contributed by atoms with van der Waals surface area (Å²) in [6, 6.07) is 5.42. The Balaban J connectivity index is 2.41. The van der Waals surface area contributed by atoms with E-state index in [9.17, 15) is 9.90 Å². The molecule has 0 fully saturated rings. The minimum absolute atomic E-state index is 0.273. The van der Waals surface area contributed by atoms with Gasteiger partial charge in [-0.3, -0.25) is 0 Å². The van der Waals surface area contributed by atoms with Gasteiger partial charge in [0.05, 0.1) is 6.61 Å². The number of carboxylic acid groups (broad SMARTS) is 1. The third kappa shape index (κ3) is 5.64. The number of benzene rings is 1. The average molecular weight is 278 g/mol. The van der Waals surface area contributed by atoms with Crippen LogP contribution in [0.3, 0.4) is 0 Å². The zero-order valence-electron chi connectivity index (χ0n) is 12.7. The summed E-state index contributed by atoms with van der Waals surface area (Å²) in [6.45, 7) is 4.81. The second-order valence-corrected chi connectivity index (χ2v) is 5.11. The van der Waals surface area contributed by atoms with Gasteiger partial charge in [0.15, 0.2) is 0 Å². The van der Waals surface area contributed by atoms with E-state index in [1.54, 1.807) is 12.1 Å². The van der Waals surface area contributed by atoms with E-state index in [0.717, 1.165) is 24.8 Å². The molecule has 0 radical (unpaired) electrons. The van der Waals surface area contributed by atoms with Crippen LogP contribution in [0.5, 0.6) is 5.75 Å². The maximum atomic E-state index is 11.2. The van der Waals surface area contributed by atoms with Gasteiger partial charge in [-0.05, 0) is 30.5 Å². The number of unbranched alkanes of at least 4 members (excludes halogenated alkanes) is 5. The quantitative estimate of drug-likeness (QED) is 0.632. The highest BCUT2D eigenvalue weighted by molar-refractivity contribution is 5.91. The fourth-order valence-electron chi connectivity index (χ4n) is 2.15. The highest BCUT2D eigenvalue weighted by atomic mass is 16.5. The zero-order chi connectivity index (χ0) is 14.8. The number of hydrogen-bond donors (Lipinski definition) is 1. The second-order valence-electron chi connectivity index (χ2n) is 5.11. The molecule has 0 amide bonds. The fraction of sp³-hybridized carbons (Fsp3) is 0.588. The average Bonchev–Trinajstić information content (AvgIpc) is 2.46. The van der Waals surface area contributed by atoms with Crippen molar-refractivity contribution in [2.75, 3.05) is 6.61 Å². The highest BCUT2D eigenvalue weighted by Gasteiger charge is 2.11. The summed E-state index contributed by atoms with van der Waals surface area (Å²) in [4.78, 5) is 11.2. The zero-order valence-corrected chi connectivity index (χ0v) is 12.7. The molecule has 1 aromatic rings. The van der Waals surface area contributed by atoms with Gasteiger partial charge in [0, 0.05) is 0 Å². The van der Waals surface area contributed by atoms with Crippen LogP contribution in [-0.4, -0.2) is 17.7 Å². The lowest BCUT2D eigenvalue weighted by atomic mass is 10.1. The molecule has 1 aromatic carbocycles.